The number of allylic oxidation sites excluding steroid dienone is 1. The van der Waals surface area contributed by atoms with Gasteiger partial charge in [-0.15, -0.1) is 10.2 Å². The molecule has 1 aliphatic carbocycles. The molecular formula is C19H23FN4OS2. The number of nitrogens with one attached hydrogen (secondary N) is 2. The highest BCUT2D eigenvalue weighted by molar-refractivity contribution is 8.02. The molecular weight excluding hydrogens is 383 g/mol. The van der Waals surface area contributed by atoms with E-state index in [-0.39, 0.29) is 17.0 Å². The Morgan fingerprint density at radius 1 is 1.37 bits per heavy atom. The number of benzene rings is 1. The van der Waals surface area contributed by atoms with E-state index in [0.717, 1.165) is 12.8 Å². The van der Waals surface area contributed by atoms with E-state index in [1.807, 2.05) is 6.92 Å². The Morgan fingerprint density at radius 2 is 2.26 bits per heavy atom. The second-order valence-corrected chi connectivity index (χ2v) is 8.98. The van der Waals surface area contributed by atoms with Gasteiger partial charge in [-0.3, -0.25) is 4.79 Å². The largest absolute Gasteiger partial charge is 0.355 e. The fourth-order valence-corrected chi connectivity index (χ4v) is 4.76. The van der Waals surface area contributed by atoms with Gasteiger partial charge in [0.05, 0.1) is 5.25 Å². The highest BCUT2D eigenvalue weighted by atomic mass is 32.2. The van der Waals surface area contributed by atoms with Crippen molar-refractivity contribution in [3.8, 4) is 0 Å². The van der Waals surface area contributed by atoms with Crippen molar-refractivity contribution in [2.45, 2.75) is 48.6 Å². The van der Waals surface area contributed by atoms with E-state index in [0.29, 0.717) is 21.7 Å². The summed E-state index contributed by atoms with van der Waals surface area (Å²) in [7, 11) is 0. The Kier molecular flexibility index (Phi) is 7.23. The van der Waals surface area contributed by atoms with E-state index in [9.17, 15) is 9.18 Å². The summed E-state index contributed by atoms with van der Waals surface area (Å²) in [6.07, 6.45) is 8.10. The Bertz CT molecular complexity index is 809. The van der Waals surface area contributed by atoms with Gasteiger partial charge in [0.1, 0.15) is 5.82 Å². The van der Waals surface area contributed by atoms with Crippen molar-refractivity contribution in [2.75, 3.05) is 11.9 Å². The third kappa shape index (κ3) is 6.32. The number of rotatable bonds is 8. The van der Waals surface area contributed by atoms with Crippen LogP contribution in [0.4, 0.5) is 15.2 Å². The van der Waals surface area contributed by atoms with Gasteiger partial charge in [-0.05, 0) is 57.2 Å². The zero-order valence-corrected chi connectivity index (χ0v) is 16.8. The van der Waals surface area contributed by atoms with Crippen LogP contribution in [0.1, 0.15) is 39.0 Å². The van der Waals surface area contributed by atoms with Crippen molar-refractivity contribution in [2.24, 2.45) is 0 Å². The predicted octanol–water partition coefficient (Wildman–Crippen LogP) is 4.91. The Morgan fingerprint density at radius 3 is 3.04 bits per heavy atom. The molecule has 0 bridgehead atoms. The first-order valence-electron chi connectivity index (χ1n) is 9.08. The van der Waals surface area contributed by atoms with Gasteiger partial charge in [-0.25, -0.2) is 4.39 Å². The summed E-state index contributed by atoms with van der Waals surface area (Å²) < 4.78 is 13.9. The third-order valence-electron chi connectivity index (χ3n) is 4.26. The summed E-state index contributed by atoms with van der Waals surface area (Å²) in [6, 6.07) is 6.17. The van der Waals surface area contributed by atoms with E-state index >= 15 is 0 Å². The zero-order valence-electron chi connectivity index (χ0n) is 15.2. The number of thioether (sulfide) groups is 1. The van der Waals surface area contributed by atoms with Crippen LogP contribution >= 0.6 is 23.1 Å². The normalized spacial score (nSPS) is 15.1. The fraction of sp³-hybridized carbons (Fsp3) is 0.421. The Labute approximate surface area is 166 Å². The number of amides is 1. The SMILES string of the molecule is C[C@H](Sc1nnc(Nc2cccc(F)c2)s1)C(=O)NCCC1=CCCCC1. The van der Waals surface area contributed by atoms with E-state index in [1.54, 1.807) is 12.1 Å². The number of halogens is 1. The Hall–Kier alpha value is -1.93. The average Bonchev–Trinajstić information content (AvgIpc) is 3.09. The van der Waals surface area contributed by atoms with E-state index in [2.05, 4.69) is 26.9 Å². The molecule has 1 atom stereocenters. The number of carbonyl (C=O) groups is 1. The summed E-state index contributed by atoms with van der Waals surface area (Å²) in [4.78, 5) is 12.3. The second kappa shape index (κ2) is 9.85. The number of hydrogen-bond donors (Lipinski definition) is 2. The van der Waals surface area contributed by atoms with Crippen molar-refractivity contribution in [3.05, 3.63) is 41.7 Å². The van der Waals surface area contributed by atoms with Crippen LogP contribution in [0.25, 0.3) is 0 Å². The highest BCUT2D eigenvalue weighted by Crippen LogP contribution is 2.30. The highest BCUT2D eigenvalue weighted by Gasteiger charge is 2.17. The van der Waals surface area contributed by atoms with Crippen LogP contribution < -0.4 is 10.6 Å². The lowest BCUT2D eigenvalue weighted by Crippen LogP contribution is -2.31. The maximum atomic E-state index is 13.2. The van der Waals surface area contributed by atoms with E-state index in [1.165, 1.54) is 60.1 Å². The minimum atomic E-state index is -0.312. The first kappa shape index (κ1) is 19.8. The van der Waals surface area contributed by atoms with Gasteiger partial charge in [0, 0.05) is 12.2 Å². The molecule has 27 heavy (non-hydrogen) atoms. The quantitative estimate of drug-likeness (QED) is 0.482. The first-order chi connectivity index (χ1) is 13.1. The van der Waals surface area contributed by atoms with Crippen molar-refractivity contribution in [3.63, 3.8) is 0 Å². The minimum Gasteiger partial charge on any atom is -0.355 e. The second-order valence-electron chi connectivity index (χ2n) is 6.42. The maximum Gasteiger partial charge on any atom is 0.233 e. The van der Waals surface area contributed by atoms with E-state index in [4.69, 9.17) is 0 Å². The number of anilines is 2. The van der Waals surface area contributed by atoms with Crippen molar-refractivity contribution < 1.29 is 9.18 Å². The van der Waals surface area contributed by atoms with Crippen molar-refractivity contribution in [1.29, 1.82) is 0 Å². The molecule has 0 fully saturated rings. The van der Waals surface area contributed by atoms with Crippen molar-refractivity contribution in [1.82, 2.24) is 15.5 Å². The first-order valence-corrected chi connectivity index (χ1v) is 10.8. The zero-order chi connectivity index (χ0) is 19.1. The van der Waals surface area contributed by atoms with Crippen LogP contribution in [0.5, 0.6) is 0 Å². The number of aromatic nitrogens is 2. The molecule has 0 aliphatic heterocycles. The topological polar surface area (TPSA) is 66.9 Å². The van der Waals surface area contributed by atoms with Crippen LogP contribution in [0, 0.1) is 5.82 Å². The fourth-order valence-electron chi connectivity index (χ4n) is 2.82. The summed E-state index contributed by atoms with van der Waals surface area (Å²) >= 11 is 2.72. The van der Waals surface area contributed by atoms with Crippen LogP contribution in [-0.2, 0) is 4.79 Å². The Balaban J connectivity index is 1.44. The van der Waals surface area contributed by atoms with Crippen molar-refractivity contribution >= 4 is 39.8 Å². The molecule has 0 radical (unpaired) electrons. The molecule has 2 aromatic rings. The summed E-state index contributed by atoms with van der Waals surface area (Å²) in [5.74, 6) is -0.306. The van der Waals surface area contributed by atoms with Gasteiger partial charge in [0.15, 0.2) is 4.34 Å². The van der Waals surface area contributed by atoms with Gasteiger partial charge in [-0.2, -0.15) is 0 Å². The van der Waals surface area contributed by atoms with Crippen LogP contribution in [0.2, 0.25) is 0 Å². The third-order valence-corrected chi connectivity index (χ3v) is 6.28. The monoisotopic (exact) mass is 406 g/mol. The van der Waals surface area contributed by atoms with Gasteiger partial charge in [0.2, 0.25) is 11.0 Å². The van der Waals surface area contributed by atoms with E-state index < -0.39 is 0 Å². The molecule has 1 aromatic heterocycles. The smallest absolute Gasteiger partial charge is 0.233 e. The molecule has 2 N–H and O–H groups in total. The minimum absolute atomic E-state index is 0.00579. The lowest BCUT2D eigenvalue weighted by atomic mass is 9.97. The van der Waals surface area contributed by atoms with Gasteiger partial charge >= 0.3 is 0 Å². The average molecular weight is 407 g/mol. The summed E-state index contributed by atoms with van der Waals surface area (Å²) in [5.41, 5.74) is 2.07. The van der Waals surface area contributed by atoms with Gasteiger partial charge in [-0.1, -0.05) is 40.8 Å². The number of hydrogen-bond acceptors (Lipinski definition) is 6. The summed E-state index contributed by atoms with van der Waals surface area (Å²) in [6.45, 7) is 2.54. The molecule has 5 nitrogen and oxygen atoms in total. The predicted molar refractivity (Wildman–Crippen MR) is 109 cm³/mol. The standard InChI is InChI=1S/C19H23FN4OS2/c1-13(17(25)21-11-10-14-6-3-2-4-7-14)26-19-24-23-18(27-19)22-16-9-5-8-15(20)12-16/h5-6,8-9,12-13H,2-4,7,10-11H2,1H3,(H,21,25)(H,22,23)/t13-/m0/s1. The van der Waals surface area contributed by atoms with Crippen LogP contribution in [-0.4, -0.2) is 27.9 Å². The lowest BCUT2D eigenvalue weighted by molar-refractivity contribution is -0.120. The molecule has 0 saturated carbocycles. The molecule has 1 heterocycles. The molecule has 0 spiro atoms. The molecule has 144 valence electrons. The molecule has 1 aliphatic rings. The molecule has 0 unspecified atom stereocenters. The number of nitrogens with zero attached hydrogens (tertiary/aromatic N) is 2. The van der Waals surface area contributed by atoms with Crippen LogP contribution in [0.15, 0.2) is 40.3 Å². The lowest BCUT2D eigenvalue weighted by Gasteiger charge is -2.14. The molecule has 1 amide bonds. The number of carbonyl (C=O) groups excluding carboxylic acids is 1. The molecule has 1 aromatic carbocycles. The molecule has 3 rings (SSSR count). The summed E-state index contributed by atoms with van der Waals surface area (Å²) in [5, 5.41) is 14.5. The molecule has 8 heteroatoms. The van der Waals surface area contributed by atoms with Gasteiger partial charge < -0.3 is 10.6 Å². The molecule has 0 saturated heterocycles. The maximum absolute atomic E-state index is 13.2. The van der Waals surface area contributed by atoms with Crippen LogP contribution in [0.3, 0.4) is 0 Å². The van der Waals surface area contributed by atoms with Gasteiger partial charge in [0.25, 0.3) is 0 Å².